The first-order valence-electron chi connectivity index (χ1n) is 6.58. The number of aromatic nitrogens is 2. The van der Waals surface area contributed by atoms with Gasteiger partial charge in [-0.2, -0.15) is 0 Å². The molecule has 21 heavy (non-hydrogen) atoms. The highest BCUT2D eigenvalue weighted by Crippen LogP contribution is 2.16. The monoisotopic (exact) mass is 288 g/mol. The summed E-state index contributed by atoms with van der Waals surface area (Å²) in [6.07, 6.45) is 2.91. The van der Waals surface area contributed by atoms with E-state index >= 15 is 0 Å². The van der Waals surface area contributed by atoms with Crippen molar-refractivity contribution in [2.75, 3.05) is 12.4 Å². The van der Waals surface area contributed by atoms with Gasteiger partial charge in [-0.05, 0) is 31.0 Å². The molecule has 0 aliphatic rings. The Morgan fingerprint density at radius 2 is 2.10 bits per heavy atom. The summed E-state index contributed by atoms with van der Waals surface area (Å²) in [5.74, 6) is -0.129. The first kappa shape index (κ1) is 14.9. The minimum atomic E-state index is -0.354. The number of anilines is 1. The smallest absolute Gasteiger partial charge is 0.272 e. The normalized spacial score (nSPS) is 11.8. The molecule has 0 fully saturated rings. The Balaban J connectivity index is 2.12. The summed E-state index contributed by atoms with van der Waals surface area (Å²) in [6.45, 7) is 3.48. The summed E-state index contributed by atoms with van der Waals surface area (Å²) in [5.41, 5.74) is 1.48. The second kappa shape index (κ2) is 6.30. The highest BCUT2D eigenvalue weighted by molar-refractivity contribution is 5.92. The highest BCUT2D eigenvalue weighted by Gasteiger charge is 2.14. The third kappa shape index (κ3) is 3.53. The number of carbonyl (C=O) groups is 1. The van der Waals surface area contributed by atoms with Crippen LogP contribution in [0.4, 0.5) is 10.2 Å². The zero-order chi connectivity index (χ0) is 15.4. The number of benzene rings is 1. The van der Waals surface area contributed by atoms with Crippen LogP contribution in [0.5, 0.6) is 0 Å². The van der Waals surface area contributed by atoms with E-state index in [9.17, 15) is 9.18 Å². The maximum Gasteiger partial charge on any atom is 0.272 e. The third-order valence-corrected chi connectivity index (χ3v) is 3.17. The van der Waals surface area contributed by atoms with Gasteiger partial charge in [0.15, 0.2) is 0 Å². The molecule has 0 aliphatic heterocycles. The average Bonchev–Trinajstić information content (AvgIpc) is 2.49. The first-order valence-corrected chi connectivity index (χ1v) is 6.58. The molecule has 2 rings (SSSR count). The van der Waals surface area contributed by atoms with Crippen molar-refractivity contribution >= 4 is 11.7 Å². The lowest BCUT2D eigenvalue weighted by molar-refractivity contribution is 0.0934. The molecule has 0 saturated carbocycles. The highest BCUT2D eigenvalue weighted by atomic mass is 19.1. The fraction of sp³-hybridized carbons (Fsp3) is 0.267. The van der Waals surface area contributed by atoms with Crippen LogP contribution >= 0.6 is 0 Å². The Morgan fingerprint density at radius 3 is 2.76 bits per heavy atom. The number of rotatable bonds is 4. The lowest BCUT2D eigenvalue weighted by Crippen LogP contribution is -2.27. The summed E-state index contributed by atoms with van der Waals surface area (Å²) in [7, 11) is 1.70. The van der Waals surface area contributed by atoms with E-state index < -0.39 is 0 Å². The van der Waals surface area contributed by atoms with Crippen LogP contribution in [0.25, 0.3) is 0 Å². The van der Waals surface area contributed by atoms with E-state index in [1.165, 1.54) is 18.5 Å². The van der Waals surface area contributed by atoms with E-state index in [2.05, 4.69) is 20.6 Å². The Kier molecular flexibility index (Phi) is 4.47. The van der Waals surface area contributed by atoms with Gasteiger partial charge in [0.25, 0.3) is 5.91 Å². The molecule has 0 saturated heterocycles. The second-order valence-corrected chi connectivity index (χ2v) is 4.74. The molecule has 1 aromatic carbocycles. The fourth-order valence-corrected chi connectivity index (χ4v) is 1.83. The van der Waals surface area contributed by atoms with Crippen LogP contribution in [-0.4, -0.2) is 22.9 Å². The van der Waals surface area contributed by atoms with Crippen molar-refractivity contribution in [1.82, 2.24) is 15.3 Å². The van der Waals surface area contributed by atoms with Gasteiger partial charge in [0, 0.05) is 7.05 Å². The van der Waals surface area contributed by atoms with Crippen molar-refractivity contribution in [3.05, 3.63) is 53.2 Å². The number of hydrogen-bond donors (Lipinski definition) is 2. The van der Waals surface area contributed by atoms with Gasteiger partial charge < -0.3 is 10.6 Å². The molecule has 0 radical (unpaired) electrons. The van der Waals surface area contributed by atoms with E-state index in [0.717, 1.165) is 0 Å². The van der Waals surface area contributed by atoms with Crippen LogP contribution in [0, 0.1) is 12.7 Å². The van der Waals surface area contributed by atoms with Gasteiger partial charge in [-0.15, -0.1) is 0 Å². The number of nitrogens with one attached hydrogen (secondary N) is 2. The van der Waals surface area contributed by atoms with Gasteiger partial charge in [0.1, 0.15) is 17.3 Å². The van der Waals surface area contributed by atoms with Crippen LogP contribution in [0.3, 0.4) is 0 Å². The van der Waals surface area contributed by atoms with Crippen molar-refractivity contribution in [3.63, 3.8) is 0 Å². The SMILES string of the molecule is CNc1cncc(C(=O)NC(C)c2ccc(C)c(F)c2)n1. The Bertz CT molecular complexity index is 660. The number of hydrogen-bond acceptors (Lipinski definition) is 4. The van der Waals surface area contributed by atoms with Crippen molar-refractivity contribution in [3.8, 4) is 0 Å². The van der Waals surface area contributed by atoms with Crippen molar-refractivity contribution in [2.45, 2.75) is 19.9 Å². The minimum Gasteiger partial charge on any atom is -0.372 e. The molecule has 2 N–H and O–H groups in total. The molecule has 1 heterocycles. The summed E-state index contributed by atoms with van der Waals surface area (Å²) in [4.78, 5) is 20.2. The number of carbonyl (C=O) groups excluding carboxylic acids is 1. The second-order valence-electron chi connectivity index (χ2n) is 4.74. The molecule has 1 aromatic heterocycles. The molecular formula is C15H17FN4O. The number of halogens is 1. The molecule has 0 bridgehead atoms. The Labute approximate surface area is 122 Å². The van der Waals surface area contributed by atoms with Gasteiger partial charge in [-0.1, -0.05) is 12.1 Å². The number of nitrogens with zero attached hydrogens (tertiary/aromatic N) is 2. The predicted molar refractivity (Wildman–Crippen MR) is 78.6 cm³/mol. The summed E-state index contributed by atoms with van der Waals surface area (Å²) in [6, 6.07) is 4.58. The summed E-state index contributed by atoms with van der Waals surface area (Å²) >= 11 is 0. The van der Waals surface area contributed by atoms with E-state index in [0.29, 0.717) is 16.9 Å². The number of amides is 1. The molecular weight excluding hydrogens is 271 g/mol. The lowest BCUT2D eigenvalue weighted by Gasteiger charge is -2.14. The lowest BCUT2D eigenvalue weighted by atomic mass is 10.1. The zero-order valence-electron chi connectivity index (χ0n) is 12.1. The quantitative estimate of drug-likeness (QED) is 0.907. The average molecular weight is 288 g/mol. The van der Waals surface area contributed by atoms with Gasteiger partial charge in [-0.3, -0.25) is 9.78 Å². The molecule has 5 nitrogen and oxygen atoms in total. The van der Waals surface area contributed by atoms with Crippen LogP contribution in [-0.2, 0) is 0 Å². The van der Waals surface area contributed by atoms with Crippen molar-refractivity contribution in [2.24, 2.45) is 0 Å². The first-order chi connectivity index (χ1) is 10.0. The fourth-order valence-electron chi connectivity index (χ4n) is 1.83. The third-order valence-electron chi connectivity index (χ3n) is 3.17. The molecule has 1 unspecified atom stereocenters. The summed E-state index contributed by atoms with van der Waals surface area (Å²) in [5, 5.41) is 5.59. The molecule has 0 aliphatic carbocycles. The van der Waals surface area contributed by atoms with Crippen LogP contribution in [0.2, 0.25) is 0 Å². The maximum absolute atomic E-state index is 13.6. The van der Waals surface area contributed by atoms with Crippen LogP contribution in [0.1, 0.15) is 34.6 Å². The van der Waals surface area contributed by atoms with E-state index in [1.54, 1.807) is 33.0 Å². The minimum absolute atomic E-state index is 0.210. The van der Waals surface area contributed by atoms with Crippen LogP contribution in [0.15, 0.2) is 30.6 Å². The number of aryl methyl sites for hydroxylation is 1. The molecule has 1 atom stereocenters. The topological polar surface area (TPSA) is 66.9 Å². The molecule has 6 heteroatoms. The van der Waals surface area contributed by atoms with E-state index in [4.69, 9.17) is 0 Å². The standard InChI is InChI=1S/C15H17FN4O/c1-9-4-5-11(6-12(9)16)10(2)19-15(21)13-7-18-8-14(17-3)20-13/h4-8,10H,1-3H3,(H,17,20)(H,19,21). The summed E-state index contributed by atoms with van der Waals surface area (Å²) < 4.78 is 13.6. The predicted octanol–water partition coefficient (Wildman–Crippen LogP) is 2.46. The Morgan fingerprint density at radius 1 is 1.33 bits per heavy atom. The van der Waals surface area contributed by atoms with Crippen molar-refractivity contribution in [1.29, 1.82) is 0 Å². The van der Waals surface area contributed by atoms with E-state index in [1.807, 2.05) is 0 Å². The van der Waals surface area contributed by atoms with Crippen molar-refractivity contribution < 1.29 is 9.18 Å². The Hall–Kier alpha value is -2.50. The zero-order valence-corrected chi connectivity index (χ0v) is 12.1. The van der Waals surface area contributed by atoms with Gasteiger partial charge in [0.05, 0.1) is 18.4 Å². The molecule has 0 spiro atoms. The van der Waals surface area contributed by atoms with Crippen LogP contribution < -0.4 is 10.6 Å². The van der Waals surface area contributed by atoms with E-state index in [-0.39, 0.29) is 23.5 Å². The maximum atomic E-state index is 13.6. The van der Waals surface area contributed by atoms with Gasteiger partial charge in [0.2, 0.25) is 0 Å². The van der Waals surface area contributed by atoms with Gasteiger partial charge in [-0.25, -0.2) is 9.37 Å². The molecule has 110 valence electrons. The largest absolute Gasteiger partial charge is 0.372 e. The molecule has 1 amide bonds. The van der Waals surface area contributed by atoms with Gasteiger partial charge >= 0.3 is 0 Å². The molecule has 2 aromatic rings.